The van der Waals surface area contributed by atoms with Crippen LogP contribution >= 0.6 is 23.5 Å². The van der Waals surface area contributed by atoms with E-state index in [-0.39, 0.29) is 0 Å². The van der Waals surface area contributed by atoms with E-state index in [0.29, 0.717) is 0 Å². The Labute approximate surface area is 117 Å². The Morgan fingerprint density at radius 1 is 0.889 bits per heavy atom. The van der Waals surface area contributed by atoms with Crippen molar-refractivity contribution in [3.63, 3.8) is 0 Å². The molecule has 0 fully saturated rings. The van der Waals surface area contributed by atoms with Crippen LogP contribution in [0.5, 0.6) is 0 Å². The maximum absolute atomic E-state index is 4.68. The summed E-state index contributed by atoms with van der Waals surface area (Å²) >= 11 is 3.61. The lowest BCUT2D eigenvalue weighted by atomic mass is 10.1. The molecule has 2 nitrogen and oxygen atoms in total. The largest absolute Gasteiger partial charge is 0.265 e. The minimum absolute atomic E-state index is 0.959. The summed E-state index contributed by atoms with van der Waals surface area (Å²) in [5.74, 6) is 1.92. The molecule has 18 heavy (non-hydrogen) atoms. The molecule has 2 rings (SSSR count). The van der Waals surface area contributed by atoms with Crippen molar-refractivity contribution in [2.24, 2.45) is 0 Å². The van der Waals surface area contributed by atoms with Gasteiger partial charge >= 0.3 is 0 Å². The van der Waals surface area contributed by atoms with Crippen molar-refractivity contribution in [1.29, 1.82) is 0 Å². The van der Waals surface area contributed by atoms with Crippen LogP contribution in [0.1, 0.15) is 11.4 Å². The fourth-order valence-corrected chi connectivity index (χ4v) is 2.69. The first-order valence-corrected chi connectivity index (χ1v) is 8.50. The lowest BCUT2D eigenvalue weighted by Gasteiger charge is -2.08. The first-order valence-electron chi connectivity index (χ1n) is 5.71. The Balaban J connectivity index is 2.39. The molecular weight excluding hydrogens is 260 g/mol. The van der Waals surface area contributed by atoms with Crippen molar-refractivity contribution in [3.05, 3.63) is 48.0 Å². The van der Waals surface area contributed by atoms with Gasteiger partial charge in [0.05, 0.1) is 11.4 Å². The van der Waals surface area contributed by atoms with Gasteiger partial charge < -0.3 is 0 Å². The van der Waals surface area contributed by atoms with Gasteiger partial charge in [0.15, 0.2) is 0 Å². The van der Waals surface area contributed by atoms with E-state index in [4.69, 9.17) is 0 Å². The van der Waals surface area contributed by atoms with Crippen molar-refractivity contribution in [1.82, 2.24) is 9.97 Å². The topological polar surface area (TPSA) is 25.8 Å². The monoisotopic (exact) mass is 276 g/mol. The van der Waals surface area contributed by atoms with E-state index in [1.165, 1.54) is 11.1 Å². The smallest absolute Gasteiger partial charge is 0.0512 e. The molecule has 94 valence electrons. The molecule has 0 spiro atoms. The number of rotatable bonds is 5. The SMILES string of the molecule is CSCc1cc(-c2ccncc2)cc(CSC)n1. The minimum atomic E-state index is 0.959. The van der Waals surface area contributed by atoms with Gasteiger partial charge in [0, 0.05) is 23.9 Å². The second kappa shape index (κ2) is 6.81. The van der Waals surface area contributed by atoms with E-state index in [1.54, 1.807) is 23.5 Å². The summed E-state index contributed by atoms with van der Waals surface area (Å²) in [6.45, 7) is 0. The van der Waals surface area contributed by atoms with E-state index in [0.717, 1.165) is 22.9 Å². The van der Waals surface area contributed by atoms with Crippen molar-refractivity contribution in [2.75, 3.05) is 12.5 Å². The van der Waals surface area contributed by atoms with Gasteiger partial charge in [0.2, 0.25) is 0 Å². The predicted octanol–water partition coefficient (Wildman–Crippen LogP) is 3.87. The number of thioether (sulfide) groups is 2. The third-order valence-corrected chi connectivity index (χ3v) is 3.70. The Morgan fingerprint density at radius 2 is 1.44 bits per heavy atom. The number of aromatic nitrogens is 2. The molecule has 0 saturated carbocycles. The fourth-order valence-electron chi connectivity index (χ4n) is 1.80. The molecule has 0 radical (unpaired) electrons. The molecular formula is C14H16N2S2. The molecule has 2 aromatic rings. The van der Waals surface area contributed by atoms with Crippen LogP contribution in [-0.4, -0.2) is 22.5 Å². The van der Waals surface area contributed by atoms with Crippen molar-refractivity contribution in [2.45, 2.75) is 11.5 Å². The van der Waals surface area contributed by atoms with Gasteiger partial charge in [-0.2, -0.15) is 23.5 Å². The highest BCUT2D eigenvalue weighted by atomic mass is 32.2. The molecule has 4 heteroatoms. The zero-order valence-corrected chi connectivity index (χ0v) is 12.2. The van der Waals surface area contributed by atoms with Gasteiger partial charge in [-0.3, -0.25) is 9.97 Å². The van der Waals surface area contributed by atoms with E-state index in [1.807, 2.05) is 24.5 Å². The van der Waals surface area contributed by atoms with Crippen LogP contribution in [-0.2, 0) is 11.5 Å². The van der Waals surface area contributed by atoms with Gasteiger partial charge in [-0.15, -0.1) is 0 Å². The fraction of sp³-hybridized carbons (Fsp3) is 0.286. The molecule has 0 atom stereocenters. The van der Waals surface area contributed by atoms with E-state index < -0.39 is 0 Å². The molecule has 0 aliphatic rings. The van der Waals surface area contributed by atoms with Gasteiger partial charge in [-0.25, -0.2) is 0 Å². The molecule has 2 heterocycles. The molecule has 0 amide bonds. The first-order chi connectivity index (χ1) is 8.83. The van der Waals surface area contributed by atoms with Crippen LogP contribution < -0.4 is 0 Å². The molecule has 0 aliphatic carbocycles. The Bertz CT molecular complexity index is 476. The summed E-state index contributed by atoms with van der Waals surface area (Å²) in [4.78, 5) is 8.75. The Morgan fingerprint density at radius 3 is 1.94 bits per heavy atom. The summed E-state index contributed by atoms with van der Waals surface area (Å²) in [6.07, 6.45) is 7.88. The third kappa shape index (κ3) is 3.50. The summed E-state index contributed by atoms with van der Waals surface area (Å²) in [5, 5.41) is 0. The van der Waals surface area contributed by atoms with Crippen LogP contribution in [0.2, 0.25) is 0 Å². The highest BCUT2D eigenvalue weighted by molar-refractivity contribution is 7.98. The van der Waals surface area contributed by atoms with Crippen molar-refractivity contribution in [3.8, 4) is 11.1 Å². The molecule has 0 unspecified atom stereocenters. The minimum Gasteiger partial charge on any atom is -0.265 e. The third-order valence-electron chi connectivity index (χ3n) is 2.53. The molecule has 2 aromatic heterocycles. The number of nitrogens with zero attached hydrogens (tertiary/aromatic N) is 2. The normalized spacial score (nSPS) is 10.6. The van der Waals surface area contributed by atoms with Crippen molar-refractivity contribution >= 4 is 23.5 Å². The lowest BCUT2D eigenvalue weighted by Crippen LogP contribution is -1.95. The Kier molecular flexibility index (Phi) is 5.08. The molecule has 0 aromatic carbocycles. The lowest BCUT2D eigenvalue weighted by molar-refractivity contribution is 1.09. The van der Waals surface area contributed by atoms with Crippen LogP contribution in [0.3, 0.4) is 0 Å². The average molecular weight is 276 g/mol. The number of pyridine rings is 2. The summed E-state index contributed by atoms with van der Waals surface area (Å²) in [6, 6.07) is 8.44. The second-order valence-corrected chi connectivity index (χ2v) is 5.67. The summed E-state index contributed by atoms with van der Waals surface area (Å²) in [5.41, 5.74) is 4.75. The van der Waals surface area contributed by atoms with E-state index in [2.05, 4.69) is 34.6 Å². The Hall–Kier alpha value is -1.00. The maximum Gasteiger partial charge on any atom is 0.0512 e. The van der Waals surface area contributed by atoms with E-state index >= 15 is 0 Å². The highest BCUT2D eigenvalue weighted by Crippen LogP contribution is 2.23. The summed E-state index contributed by atoms with van der Waals surface area (Å²) < 4.78 is 0. The van der Waals surface area contributed by atoms with Gasteiger partial charge in [0.1, 0.15) is 0 Å². The molecule has 0 N–H and O–H groups in total. The van der Waals surface area contributed by atoms with Crippen molar-refractivity contribution < 1.29 is 0 Å². The summed E-state index contributed by atoms with van der Waals surface area (Å²) in [7, 11) is 0. The predicted molar refractivity (Wildman–Crippen MR) is 81.9 cm³/mol. The standard InChI is InChI=1S/C14H16N2S2/c1-17-9-13-7-12(8-14(16-13)10-18-2)11-3-5-15-6-4-11/h3-8H,9-10H2,1-2H3. The number of hydrogen-bond acceptors (Lipinski definition) is 4. The molecule has 0 bridgehead atoms. The number of hydrogen-bond donors (Lipinski definition) is 0. The van der Waals surface area contributed by atoms with Gasteiger partial charge in [-0.1, -0.05) is 0 Å². The highest BCUT2D eigenvalue weighted by Gasteiger charge is 2.04. The van der Waals surface area contributed by atoms with Crippen LogP contribution in [0.25, 0.3) is 11.1 Å². The van der Waals surface area contributed by atoms with Crippen LogP contribution in [0, 0.1) is 0 Å². The second-order valence-electron chi connectivity index (χ2n) is 3.94. The zero-order valence-electron chi connectivity index (χ0n) is 10.6. The van der Waals surface area contributed by atoms with Gasteiger partial charge in [-0.05, 0) is 47.9 Å². The maximum atomic E-state index is 4.68. The molecule has 0 aliphatic heterocycles. The average Bonchev–Trinajstić information content (AvgIpc) is 2.40. The quantitative estimate of drug-likeness (QED) is 0.828. The van der Waals surface area contributed by atoms with Gasteiger partial charge in [0.25, 0.3) is 0 Å². The van der Waals surface area contributed by atoms with Crippen LogP contribution in [0.15, 0.2) is 36.7 Å². The first kappa shape index (κ1) is 13.4. The van der Waals surface area contributed by atoms with E-state index in [9.17, 15) is 0 Å². The molecule has 0 saturated heterocycles. The zero-order chi connectivity index (χ0) is 12.8. The van der Waals surface area contributed by atoms with Crippen LogP contribution in [0.4, 0.5) is 0 Å².